The summed E-state index contributed by atoms with van der Waals surface area (Å²) >= 11 is 1.87. The van der Waals surface area contributed by atoms with Crippen molar-refractivity contribution < 1.29 is 0 Å². The predicted molar refractivity (Wildman–Crippen MR) is 77.6 cm³/mol. The topological polar surface area (TPSA) is 29.3 Å². The molecule has 3 rings (SSSR count). The smallest absolute Gasteiger partial charge is 0.0369 e. The SMILES string of the molecule is CC(C)N(Cc1cccs1)C1(CN)CCC2CC21. The van der Waals surface area contributed by atoms with Gasteiger partial charge >= 0.3 is 0 Å². The van der Waals surface area contributed by atoms with Crippen LogP contribution in [0, 0.1) is 11.8 Å². The second-order valence-corrected chi connectivity index (χ2v) is 7.28. The van der Waals surface area contributed by atoms with E-state index in [0.717, 1.165) is 24.9 Å². The third-order valence-electron chi connectivity index (χ3n) is 5.02. The Balaban J connectivity index is 1.84. The van der Waals surface area contributed by atoms with E-state index in [4.69, 9.17) is 5.73 Å². The molecule has 0 aromatic carbocycles. The third kappa shape index (κ3) is 1.93. The van der Waals surface area contributed by atoms with Crippen molar-refractivity contribution in [2.24, 2.45) is 17.6 Å². The first-order chi connectivity index (χ1) is 8.67. The molecule has 1 aromatic rings. The third-order valence-corrected chi connectivity index (χ3v) is 5.88. The summed E-state index contributed by atoms with van der Waals surface area (Å²) in [6, 6.07) is 4.99. The van der Waals surface area contributed by atoms with Gasteiger partial charge in [0.05, 0.1) is 0 Å². The largest absolute Gasteiger partial charge is 0.329 e. The van der Waals surface area contributed by atoms with Crippen LogP contribution in [0.25, 0.3) is 0 Å². The molecule has 3 atom stereocenters. The van der Waals surface area contributed by atoms with Gasteiger partial charge in [-0.15, -0.1) is 11.3 Å². The highest BCUT2D eigenvalue weighted by molar-refractivity contribution is 7.09. The van der Waals surface area contributed by atoms with Crippen LogP contribution in [-0.4, -0.2) is 23.0 Å². The first-order valence-corrected chi connectivity index (χ1v) is 8.04. The van der Waals surface area contributed by atoms with E-state index in [-0.39, 0.29) is 0 Å². The van der Waals surface area contributed by atoms with Crippen LogP contribution in [0.1, 0.15) is 38.0 Å². The van der Waals surface area contributed by atoms with Crippen LogP contribution in [0.4, 0.5) is 0 Å². The van der Waals surface area contributed by atoms with Crippen molar-refractivity contribution in [2.75, 3.05) is 6.54 Å². The molecule has 18 heavy (non-hydrogen) atoms. The van der Waals surface area contributed by atoms with Crippen molar-refractivity contribution in [3.8, 4) is 0 Å². The lowest BCUT2D eigenvalue weighted by atomic mass is 9.89. The second kappa shape index (κ2) is 4.62. The highest BCUT2D eigenvalue weighted by Crippen LogP contribution is 2.60. The molecule has 1 aromatic heterocycles. The number of fused-ring (bicyclic) bond motifs is 1. The van der Waals surface area contributed by atoms with Crippen LogP contribution >= 0.6 is 11.3 Å². The molecule has 2 saturated carbocycles. The van der Waals surface area contributed by atoms with Crippen molar-refractivity contribution in [1.29, 1.82) is 0 Å². The lowest BCUT2D eigenvalue weighted by Gasteiger charge is -2.45. The first-order valence-electron chi connectivity index (χ1n) is 7.16. The Morgan fingerprint density at radius 2 is 2.39 bits per heavy atom. The Kier molecular flexibility index (Phi) is 3.25. The molecule has 2 nitrogen and oxygen atoms in total. The van der Waals surface area contributed by atoms with Gasteiger partial charge in [0.15, 0.2) is 0 Å². The second-order valence-electron chi connectivity index (χ2n) is 6.25. The Morgan fingerprint density at radius 3 is 2.83 bits per heavy atom. The Hall–Kier alpha value is -0.380. The Labute approximate surface area is 114 Å². The quantitative estimate of drug-likeness (QED) is 0.885. The molecular formula is C15H24N2S. The van der Waals surface area contributed by atoms with Crippen LogP contribution in [0.15, 0.2) is 17.5 Å². The van der Waals surface area contributed by atoms with Gasteiger partial charge in [-0.3, -0.25) is 4.90 Å². The number of hydrogen-bond acceptors (Lipinski definition) is 3. The van der Waals surface area contributed by atoms with E-state index in [1.165, 1.54) is 24.1 Å². The molecule has 3 heteroatoms. The van der Waals surface area contributed by atoms with E-state index in [9.17, 15) is 0 Å². The minimum absolute atomic E-state index is 0.294. The summed E-state index contributed by atoms with van der Waals surface area (Å²) in [6.45, 7) is 6.55. The molecule has 0 saturated heterocycles. The zero-order chi connectivity index (χ0) is 12.8. The minimum atomic E-state index is 0.294. The molecular weight excluding hydrogens is 240 g/mol. The highest BCUT2D eigenvalue weighted by atomic mass is 32.1. The van der Waals surface area contributed by atoms with Crippen LogP contribution in [-0.2, 0) is 6.54 Å². The van der Waals surface area contributed by atoms with Crippen molar-refractivity contribution in [1.82, 2.24) is 4.90 Å². The van der Waals surface area contributed by atoms with Crippen LogP contribution in [0.2, 0.25) is 0 Å². The maximum Gasteiger partial charge on any atom is 0.0369 e. The molecule has 100 valence electrons. The molecule has 0 radical (unpaired) electrons. The maximum atomic E-state index is 6.22. The number of thiophene rings is 1. The number of nitrogens with two attached hydrogens (primary N) is 1. The van der Waals surface area contributed by atoms with E-state index in [2.05, 4.69) is 36.3 Å². The lowest BCUT2D eigenvalue weighted by Crippen LogP contribution is -2.56. The zero-order valence-electron chi connectivity index (χ0n) is 11.4. The Morgan fingerprint density at radius 1 is 1.56 bits per heavy atom. The van der Waals surface area contributed by atoms with Gasteiger partial charge in [-0.2, -0.15) is 0 Å². The summed E-state index contributed by atoms with van der Waals surface area (Å²) < 4.78 is 0. The van der Waals surface area contributed by atoms with Crippen LogP contribution < -0.4 is 5.73 Å². The summed E-state index contributed by atoms with van der Waals surface area (Å²) in [4.78, 5) is 4.16. The van der Waals surface area contributed by atoms with Gasteiger partial charge < -0.3 is 5.73 Å². The molecule has 1 heterocycles. The minimum Gasteiger partial charge on any atom is -0.329 e. The van der Waals surface area contributed by atoms with Crippen molar-refractivity contribution in [3.63, 3.8) is 0 Å². The van der Waals surface area contributed by atoms with E-state index in [0.29, 0.717) is 11.6 Å². The van der Waals surface area contributed by atoms with Crippen molar-refractivity contribution in [3.05, 3.63) is 22.4 Å². The van der Waals surface area contributed by atoms with Gasteiger partial charge in [0.1, 0.15) is 0 Å². The summed E-state index contributed by atoms with van der Waals surface area (Å²) in [5.41, 5.74) is 6.51. The number of rotatable bonds is 5. The highest BCUT2D eigenvalue weighted by Gasteiger charge is 2.59. The average molecular weight is 264 g/mol. The molecule has 2 aliphatic rings. The van der Waals surface area contributed by atoms with Gasteiger partial charge in [-0.25, -0.2) is 0 Å². The van der Waals surface area contributed by atoms with Gasteiger partial charge in [-0.05, 0) is 56.4 Å². The molecule has 2 N–H and O–H groups in total. The molecule has 0 amide bonds. The van der Waals surface area contributed by atoms with Gasteiger partial charge in [0.2, 0.25) is 0 Å². The molecule has 2 aliphatic carbocycles. The number of hydrogen-bond donors (Lipinski definition) is 1. The summed E-state index contributed by atoms with van der Waals surface area (Å²) in [6.07, 6.45) is 4.13. The zero-order valence-corrected chi connectivity index (χ0v) is 12.2. The summed E-state index contributed by atoms with van der Waals surface area (Å²) in [5.74, 6) is 1.86. The monoisotopic (exact) mass is 264 g/mol. The summed E-state index contributed by atoms with van der Waals surface area (Å²) in [7, 11) is 0. The molecule has 0 aliphatic heterocycles. The maximum absolute atomic E-state index is 6.22. The summed E-state index contributed by atoms with van der Waals surface area (Å²) in [5, 5.41) is 2.18. The lowest BCUT2D eigenvalue weighted by molar-refractivity contribution is 0.0409. The van der Waals surface area contributed by atoms with Gasteiger partial charge in [-0.1, -0.05) is 6.07 Å². The van der Waals surface area contributed by atoms with Gasteiger partial charge in [0, 0.05) is 29.5 Å². The molecule has 0 spiro atoms. The molecule has 3 unspecified atom stereocenters. The van der Waals surface area contributed by atoms with E-state index in [1.54, 1.807) is 0 Å². The van der Waals surface area contributed by atoms with E-state index >= 15 is 0 Å². The molecule has 0 bridgehead atoms. The van der Waals surface area contributed by atoms with E-state index in [1.807, 2.05) is 11.3 Å². The van der Waals surface area contributed by atoms with Crippen molar-refractivity contribution >= 4 is 11.3 Å². The average Bonchev–Trinajstić information content (AvgIpc) is 2.83. The van der Waals surface area contributed by atoms with Gasteiger partial charge in [0.25, 0.3) is 0 Å². The standard InChI is InChI=1S/C15H24N2S/c1-11(2)17(9-13-4-3-7-18-13)15(10-16)6-5-12-8-14(12)15/h3-4,7,11-12,14H,5-6,8-10,16H2,1-2H3. The van der Waals surface area contributed by atoms with Crippen LogP contribution in [0.5, 0.6) is 0 Å². The fourth-order valence-electron chi connectivity index (χ4n) is 4.00. The Bertz CT molecular complexity index is 401. The first kappa shape index (κ1) is 12.6. The van der Waals surface area contributed by atoms with Crippen LogP contribution in [0.3, 0.4) is 0 Å². The number of nitrogens with zero attached hydrogens (tertiary/aromatic N) is 1. The fraction of sp³-hybridized carbons (Fsp3) is 0.733. The predicted octanol–water partition coefficient (Wildman–Crippen LogP) is 3.09. The molecule has 2 fully saturated rings. The van der Waals surface area contributed by atoms with Crippen molar-refractivity contribution in [2.45, 2.75) is 51.2 Å². The fourth-order valence-corrected chi connectivity index (χ4v) is 4.70. The van der Waals surface area contributed by atoms with E-state index < -0.39 is 0 Å². The normalized spacial score (nSPS) is 34.3.